The van der Waals surface area contributed by atoms with Crippen LogP contribution in [0, 0.1) is 5.92 Å². The van der Waals surface area contributed by atoms with E-state index in [1.54, 1.807) is 42.5 Å². The lowest BCUT2D eigenvalue weighted by atomic mass is 9.88. The van der Waals surface area contributed by atoms with Gasteiger partial charge in [-0.1, -0.05) is 42.5 Å². The van der Waals surface area contributed by atoms with Gasteiger partial charge in [0, 0.05) is 13.1 Å². The Balaban J connectivity index is 1.83. The molecule has 0 atom stereocenters. The van der Waals surface area contributed by atoms with Crippen molar-refractivity contribution >= 4 is 6.09 Å². The van der Waals surface area contributed by atoms with Crippen LogP contribution in [0.4, 0.5) is 18.0 Å². The Labute approximate surface area is 150 Å². The van der Waals surface area contributed by atoms with E-state index in [2.05, 4.69) is 0 Å². The first kappa shape index (κ1) is 18.3. The van der Waals surface area contributed by atoms with Gasteiger partial charge in [0.05, 0.1) is 5.56 Å². The quantitative estimate of drug-likeness (QED) is 0.803. The number of alkyl halides is 3. The maximum Gasteiger partial charge on any atom is 0.417 e. The first-order chi connectivity index (χ1) is 12.3. The number of carbonyl (C=O) groups is 1. The van der Waals surface area contributed by atoms with Crippen molar-refractivity contribution in [2.45, 2.75) is 25.4 Å². The Morgan fingerprint density at radius 3 is 2.31 bits per heavy atom. The number of piperidine rings is 1. The molecule has 0 aromatic heterocycles. The van der Waals surface area contributed by atoms with Gasteiger partial charge in [-0.15, -0.1) is 0 Å². The molecule has 6 heteroatoms. The first-order valence-electron chi connectivity index (χ1n) is 8.58. The Kier molecular flexibility index (Phi) is 5.20. The summed E-state index contributed by atoms with van der Waals surface area (Å²) in [5.41, 5.74) is 0.958. The number of nitrogens with zero attached hydrogens (tertiary/aromatic N) is 1. The molecule has 0 radical (unpaired) electrons. The predicted octanol–water partition coefficient (Wildman–Crippen LogP) is 5.30. The van der Waals surface area contributed by atoms with E-state index in [1.807, 2.05) is 0 Å². The van der Waals surface area contributed by atoms with Crippen LogP contribution in [-0.2, 0) is 12.6 Å². The lowest BCUT2D eigenvalue weighted by Gasteiger charge is -2.30. The second kappa shape index (κ2) is 7.40. The fourth-order valence-corrected chi connectivity index (χ4v) is 3.48. The summed E-state index contributed by atoms with van der Waals surface area (Å²) in [6.45, 7) is 0.957. The molecule has 0 bridgehead atoms. The number of halogens is 3. The highest BCUT2D eigenvalue weighted by atomic mass is 19.4. The molecule has 26 heavy (non-hydrogen) atoms. The lowest BCUT2D eigenvalue weighted by Crippen LogP contribution is -2.37. The predicted molar refractivity (Wildman–Crippen MR) is 92.9 cm³/mol. The van der Waals surface area contributed by atoms with E-state index >= 15 is 0 Å². The zero-order valence-electron chi connectivity index (χ0n) is 14.2. The molecule has 1 fully saturated rings. The van der Waals surface area contributed by atoms with Gasteiger partial charge in [-0.3, -0.25) is 0 Å². The normalized spacial score (nSPS) is 15.9. The van der Waals surface area contributed by atoms with Crippen molar-refractivity contribution < 1.29 is 23.1 Å². The summed E-state index contributed by atoms with van der Waals surface area (Å²) in [4.78, 5) is 12.4. The lowest BCUT2D eigenvalue weighted by molar-refractivity contribution is -0.137. The first-order valence-corrected chi connectivity index (χ1v) is 8.58. The second-order valence-corrected chi connectivity index (χ2v) is 6.66. The minimum Gasteiger partial charge on any atom is -0.465 e. The molecule has 2 aromatic rings. The van der Waals surface area contributed by atoms with Crippen LogP contribution in [-0.4, -0.2) is 29.2 Å². The third kappa shape index (κ3) is 4.18. The van der Waals surface area contributed by atoms with Crippen molar-refractivity contribution in [1.29, 1.82) is 0 Å². The molecule has 1 heterocycles. The number of hydrogen-bond acceptors (Lipinski definition) is 1. The van der Waals surface area contributed by atoms with E-state index in [0.717, 1.165) is 24.5 Å². The fourth-order valence-electron chi connectivity index (χ4n) is 3.48. The van der Waals surface area contributed by atoms with Gasteiger partial charge in [-0.05, 0) is 47.9 Å². The number of rotatable bonds is 3. The van der Waals surface area contributed by atoms with E-state index in [1.165, 1.54) is 4.90 Å². The molecule has 1 saturated heterocycles. The van der Waals surface area contributed by atoms with Crippen LogP contribution >= 0.6 is 0 Å². The Hall–Kier alpha value is -2.50. The van der Waals surface area contributed by atoms with Gasteiger partial charge in [-0.2, -0.15) is 13.2 Å². The van der Waals surface area contributed by atoms with Gasteiger partial charge >= 0.3 is 12.3 Å². The van der Waals surface area contributed by atoms with E-state index in [0.29, 0.717) is 25.1 Å². The third-order valence-corrected chi connectivity index (χ3v) is 4.88. The van der Waals surface area contributed by atoms with Crippen LogP contribution < -0.4 is 0 Å². The molecule has 0 saturated carbocycles. The Bertz CT molecular complexity index is 766. The van der Waals surface area contributed by atoms with Gasteiger partial charge in [-0.25, -0.2) is 4.79 Å². The third-order valence-electron chi connectivity index (χ3n) is 4.88. The van der Waals surface area contributed by atoms with Gasteiger partial charge in [0.15, 0.2) is 0 Å². The van der Waals surface area contributed by atoms with Gasteiger partial charge in [0.25, 0.3) is 0 Å². The van der Waals surface area contributed by atoms with E-state index < -0.39 is 17.8 Å². The summed E-state index contributed by atoms with van der Waals surface area (Å²) in [6, 6.07) is 12.9. The van der Waals surface area contributed by atoms with E-state index in [9.17, 15) is 18.0 Å². The topological polar surface area (TPSA) is 40.5 Å². The van der Waals surface area contributed by atoms with Crippen molar-refractivity contribution in [2.24, 2.45) is 5.92 Å². The van der Waals surface area contributed by atoms with Crippen molar-refractivity contribution in [3.63, 3.8) is 0 Å². The van der Waals surface area contributed by atoms with Gasteiger partial charge in [0.1, 0.15) is 0 Å². The average molecular weight is 363 g/mol. The van der Waals surface area contributed by atoms with Gasteiger partial charge in [0.2, 0.25) is 0 Å². The molecule has 138 valence electrons. The minimum atomic E-state index is -4.41. The standard InChI is InChI=1S/C20H20F3NO2/c21-20(22,23)18-7-6-15(13-17(18)16-4-2-1-3-5-16)12-14-8-10-24(11-9-14)19(25)26/h1-7,13-14H,8-12H2,(H,25,26). The van der Waals surface area contributed by atoms with Crippen LogP contribution in [0.25, 0.3) is 11.1 Å². The average Bonchev–Trinajstić information content (AvgIpc) is 2.62. The molecule has 0 aliphatic carbocycles. The monoisotopic (exact) mass is 363 g/mol. The minimum absolute atomic E-state index is 0.193. The maximum absolute atomic E-state index is 13.4. The summed E-state index contributed by atoms with van der Waals surface area (Å²) in [6.07, 6.45) is -3.20. The van der Waals surface area contributed by atoms with E-state index in [-0.39, 0.29) is 11.5 Å². The van der Waals surface area contributed by atoms with Crippen molar-refractivity contribution in [3.8, 4) is 11.1 Å². The number of amides is 1. The number of carboxylic acid groups (broad SMARTS) is 1. The van der Waals surface area contributed by atoms with Crippen molar-refractivity contribution in [1.82, 2.24) is 4.90 Å². The molecule has 0 unspecified atom stereocenters. The summed E-state index contributed by atoms with van der Waals surface area (Å²) >= 11 is 0. The molecule has 3 nitrogen and oxygen atoms in total. The molecule has 2 aromatic carbocycles. The highest BCUT2D eigenvalue weighted by molar-refractivity contribution is 5.69. The fraction of sp³-hybridized carbons (Fsp3) is 0.350. The summed E-state index contributed by atoms with van der Waals surface area (Å²) < 4.78 is 40.1. The smallest absolute Gasteiger partial charge is 0.417 e. The number of likely N-dealkylation sites (tertiary alicyclic amines) is 1. The molecule has 1 amide bonds. The zero-order valence-corrected chi connectivity index (χ0v) is 14.2. The van der Waals surface area contributed by atoms with E-state index in [4.69, 9.17) is 5.11 Å². The molecule has 1 aliphatic heterocycles. The highest BCUT2D eigenvalue weighted by Crippen LogP contribution is 2.38. The number of benzene rings is 2. The summed E-state index contributed by atoms with van der Waals surface area (Å²) in [5.74, 6) is 0.283. The van der Waals surface area contributed by atoms with Crippen LogP contribution in [0.5, 0.6) is 0 Å². The maximum atomic E-state index is 13.4. The SMILES string of the molecule is O=C(O)N1CCC(Cc2ccc(C(F)(F)F)c(-c3ccccc3)c2)CC1. The van der Waals surface area contributed by atoms with Crippen LogP contribution in [0.2, 0.25) is 0 Å². The van der Waals surface area contributed by atoms with Crippen LogP contribution in [0.3, 0.4) is 0 Å². The molecular weight excluding hydrogens is 343 g/mol. The van der Waals surface area contributed by atoms with Crippen LogP contribution in [0.15, 0.2) is 48.5 Å². The molecular formula is C20H20F3NO2. The molecule has 1 N–H and O–H groups in total. The van der Waals surface area contributed by atoms with Crippen LogP contribution in [0.1, 0.15) is 24.0 Å². The number of hydrogen-bond donors (Lipinski definition) is 1. The summed E-state index contributed by atoms with van der Waals surface area (Å²) in [7, 11) is 0. The summed E-state index contributed by atoms with van der Waals surface area (Å²) in [5, 5.41) is 9.00. The van der Waals surface area contributed by atoms with Crippen molar-refractivity contribution in [2.75, 3.05) is 13.1 Å². The second-order valence-electron chi connectivity index (χ2n) is 6.66. The van der Waals surface area contributed by atoms with Gasteiger partial charge < -0.3 is 10.0 Å². The highest BCUT2D eigenvalue weighted by Gasteiger charge is 2.34. The zero-order chi connectivity index (χ0) is 18.7. The van der Waals surface area contributed by atoms with Crippen molar-refractivity contribution in [3.05, 3.63) is 59.7 Å². The molecule has 0 spiro atoms. The molecule has 3 rings (SSSR count). The Morgan fingerprint density at radius 2 is 1.73 bits per heavy atom. The largest absolute Gasteiger partial charge is 0.465 e. The Morgan fingerprint density at radius 1 is 1.08 bits per heavy atom. The molecule has 1 aliphatic rings.